The second-order valence-corrected chi connectivity index (χ2v) is 5.35. The van der Waals surface area contributed by atoms with Crippen molar-refractivity contribution in [2.45, 2.75) is 19.6 Å². The number of ether oxygens (including phenoxy) is 2. The predicted molar refractivity (Wildman–Crippen MR) is 84.4 cm³/mol. The van der Waals surface area contributed by atoms with E-state index in [9.17, 15) is 19.7 Å². The predicted octanol–water partition coefficient (Wildman–Crippen LogP) is 2.29. The van der Waals surface area contributed by atoms with Crippen LogP contribution in [-0.2, 0) is 16.1 Å². The van der Waals surface area contributed by atoms with E-state index in [-0.39, 0.29) is 29.6 Å². The normalized spacial score (nSPS) is 16.2. The Balaban J connectivity index is 1.96. The largest absolute Gasteiger partial charge is 0.479 e. The Morgan fingerprint density at radius 3 is 2.80 bits per heavy atom. The number of carbonyl (C=O) groups excluding carboxylic acids is 2. The van der Waals surface area contributed by atoms with Crippen LogP contribution in [0.25, 0.3) is 0 Å². The molecule has 0 saturated carbocycles. The maximum Gasteiger partial charge on any atom is 0.373 e. The molecular weight excluding hydrogens is 332 g/mol. The van der Waals surface area contributed by atoms with Gasteiger partial charge in [-0.1, -0.05) is 0 Å². The van der Waals surface area contributed by atoms with E-state index in [0.717, 1.165) is 0 Å². The third-order valence-electron chi connectivity index (χ3n) is 3.72. The summed E-state index contributed by atoms with van der Waals surface area (Å²) < 4.78 is 15.4. The number of nitro benzene ring substituents is 1. The van der Waals surface area contributed by atoms with Crippen molar-refractivity contribution in [3.8, 4) is 5.75 Å². The minimum Gasteiger partial charge on any atom is -0.479 e. The SMILES string of the molecule is COC(=O)c1ccc(CN2C(=O)C(C)Oc3ccc([N+](=O)[O-])cc32)o1. The fourth-order valence-electron chi connectivity index (χ4n) is 2.50. The first kappa shape index (κ1) is 16.5. The Morgan fingerprint density at radius 1 is 1.36 bits per heavy atom. The summed E-state index contributed by atoms with van der Waals surface area (Å²) in [7, 11) is 1.23. The Morgan fingerprint density at radius 2 is 2.12 bits per heavy atom. The van der Waals surface area contributed by atoms with Crippen molar-refractivity contribution in [2.24, 2.45) is 0 Å². The second-order valence-electron chi connectivity index (χ2n) is 5.35. The van der Waals surface area contributed by atoms with Crippen LogP contribution in [0.5, 0.6) is 5.75 Å². The molecule has 0 spiro atoms. The molecule has 0 saturated heterocycles. The van der Waals surface area contributed by atoms with Crippen LogP contribution in [0.4, 0.5) is 11.4 Å². The van der Waals surface area contributed by atoms with Crippen LogP contribution in [0.1, 0.15) is 23.2 Å². The Labute approximate surface area is 141 Å². The fourth-order valence-corrected chi connectivity index (χ4v) is 2.50. The van der Waals surface area contributed by atoms with Gasteiger partial charge in [-0.25, -0.2) is 4.79 Å². The summed E-state index contributed by atoms with van der Waals surface area (Å²) in [5, 5.41) is 11.0. The summed E-state index contributed by atoms with van der Waals surface area (Å²) in [6, 6.07) is 7.00. The molecule has 2 heterocycles. The number of nitro groups is 1. The first-order valence-corrected chi connectivity index (χ1v) is 7.34. The number of nitrogens with zero attached hydrogens (tertiary/aromatic N) is 2. The van der Waals surface area contributed by atoms with Crippen molar-refractivity contribution in [2.75, 3.05) is 12.0 Å². The van der Waals surface area contributed by atoms with E-state index in [1.807, 2.05) is 0 Å². The summed E-state index contributed by atoms with van der Waals surface area (Å²) >= 11 is 0. The van der Waals surface area contributed by atoms with E-state index in [1.165, 1.54) is 42.3 Å². The molecule has 2 aromatic rings. The average Bonchev–Trinajstić information content (AvgIpc) is 3.06. The van der Waals surface area contributed by atoms with Crippen LogP contribution in [0.2, 0.25) is 0 Å². The zero-order valence-electron chi connectivity index (χ0n) is 13.4. The van der Waals surface area contributed by atoms with Crippen LogP contribution in [0.3, 0.4) is 0 Å². The molecule has 0 aliphatic carbocycles. The van der Waals surface area contributed by atoms with Crippen LogP contribution in [0.15, 0.2) is 34.7 Å². The molecule has 3 rings (SSSR count). The minimum atomic E-state index is -0.746. The van der Waals surface area contributed by atoms with Gasteiger partial charge in [0.15, 0.2) is 6.10 Å². The van der Waals surface area contributed by atoms with E-state index in [4.69, 9.17) is 9.15 Å². The number of hydrogen-bond acceptors (Lipinski definition) is 7. The Bertz CT molecular complexity index is 858. The van der Waals surface area contributed by atoms with Gasteiger partial charge in [-0.2, -0.15) is 0 Å². The molecule has 0 radical (unpaired) electrons. The van der Waals surface area contributed by atoms with Gasteiger partial charge in [0, 0.05) is 12.1 Å². The standard InChI is InChI=1S/C16H14N2O7/c1-9-15(19)17(8-11-4-6-14(25-11)16(20)23-2)12-7-10(18(21)22)3-5-13(12)24-9/h3-7,9H,8H2,1-2H3. The van der Waals surface area contributed by atoms with Gasteiger partial charge >= 0.3 is 5.97 Å². The number of methoxy groups -OCH3 is 1. The summed E-state index contributed by atoms with van der Waals surface area (Å²) in [6.45, 7) is 1.58. The lowest BCUT2D eigenvalue weighted by Gasteiger charge is -2.32. The van der Waals surface area contributed by atoms with E-state index in [0.29, 0.717) is 11.5 Å². The molecule has 0 N–H and O–H groups in total. The van der Waals surface area contributed by atoms with E-state index in [1.54, 1.807) is 6.92 Å². The van der Waals surface area contributed by atoms with Crippen molar-refractivity contribution in [1.29, 1.82) is 0 Å². The molecule has 1 atom stereocenters. The number of hydrogen-bond donors (Lipinski definition) is 0. The number of furan rings is 1. The Hall–Kier alpha value is -3.36. The number of amides is 1. The molecule has 1 unspecified atom stereocenters. The monoisotopic (exact) mass is 346 g/mol. The van der Waals surface area contributed by atoms with Gasteiger partial charge in [-0.3, -0.25) is 19.8 Å². The molecule has 9 nitrogen and oxygen atoms in total. The van der Waals surface area contributed by atoms with Gasteiger partial charge in [-0.05, 0) is 25.1 Å². The maximum atomic E-state index is 12.5. The topological polar surface area (TPSA) is 112 Å². The molecule has 1 aromatic carbocycles. The summed E-state index contributed by atoms with van der Waals surface area (Å²) in [6.07, 6.45) is -0.746. The average molecular weight is 346 g/mol. The van der Waals surface area contributed by atoms with Gasteiger partial charge < -0.3 is 13.9 Å². The number of rotatable bonds is 4. The first-order chi connectivity index (χ1) is 11.9. The highest BCUT2D eigenvalue weighted by Crippen LogP contribution is 2.37. The third-order valence-corrected chi connectivity index (χ3v) is 3.72. The van der Waals surface area contributed by atoms with E-state index in [2.05, 4.69) is 4.74 Å². The minimum absolute atomic E-state index is 0.00229. The number of non-ortho nitro benzene ring substituents is 1. The maximum absolute atomic E-state index is 12.5. The summed E-state index contributed by atoms with van der Waals surface area (Å²) in [5.41, 5.74) is 0.109. The molecule has 25 heavy (non-hydrogen) atoms. The van der Waals surface area contributed by atoms with Crippen LogP contribution >= 0.6 is 0 Å². The van der Waals surface area contributed by atoms with Crippen LogP contribution in [-0.4, -0.2) is 30.0 Å². The van der Waals surface area contributed by atoms with E-state index < -0.39 is 17.0 Å². The molecule has 0 fully saturated rings. The number of carbonyl (C=O) groups is 2. The van der Waals surface area contributed by atoms with Gasteiger partial charge in [0.2, 0.25) is 5.76 Å². The molecule has 1 amide bonds. The van der Waals surface area contributed by atoms with E-state index >= 15 is 0 Å². The third kappa shape index (κ3) is 3.03. The van der Waals surface area contributed by atoms with Gasteiger partial charge in [0.05, 0.1) is 24.3 Å². The van der Waals surface area contributed by atoms with Crippen molar-refractivity contribution in [3.63, 3.8) is 0 Å². The number of benzene rings is 1. The zero-order chi connectivity index (χ0) is 18.1. The Kier molecular flexibility index (Phi) is 4.14. The lowest BCUT2D eigenvalue weighted by Crippen LogP contribution is -2.43. The number of fused-ring (bicyclic) bond motifs is 1. The highest BCUT2D eigenvalue weighted by Gasteiger charge is 2.33. The summed E-state index contributed by atoms with van der Waals surface area (Å²) in [5.74, 6) is -0.309. The zero-order valence-corrected chi connectivity index (χ0v) is 13.4. The smallest absolute Gasteiger partial charge is 0.373 e. The van der Waals surface area contributed by atoms with Gasteiger partial charge in [0.25, 0.3) is 11.6 Å². The number of anilines is 1. The van der Waals surface area contributed by atoms with Gasteiger partial charge in [0.1, 0.15) is 11.5 Å². The second kappa shape index (κ2) is 6.27. The van der Waals surface area contributed by atoms with Crippen LogP contribution in [0, 0.1) is 10.1 Å². The lowest BCUT2D eigenvalue weighted by molar-refractivity contribution is -0.384. The molecule has 0 bridgehead atoms. The first-order valence-electron chi connectivity index (χ1n) is 7.34. The van der Waals surface area contributed by atoms with Crippen molar-refractivity contribution >= 4 is 23.3 Å². The quantitative estimate of drug-likeness (QED) is 0.474. The van der Waals surface area contributed by atoms with Crippen molar-refractivity contribution < 1.29 is 28.4 Å². The molecule has 1 aliphatic rings. The molecule has 9 heteroatoms. The molecule has 130 valence electrons. The lowest BCUT2D eigenvalue weighted by atomic mass is 10.1. The molecule has 1 aliphatic heterocycles. The highest BCUT2D eigenvalue weighted by atomic mass is 16.6. The molecular formula is C16H14N2O7. The summed E-state index contributed by atoms with van der Waals surface area (Å²) in [4.78, 5) is 35.7. The van der Waals surface area contributed by atoms with Crippen molar-refractivity contribution in [3.05, 3.63) is 52.0 Å². The highest BCUT2D eigenvalue weighted by molar-refractivity contribution is 6.00. The molecule has 1 aromatic heterocycles. The van der Waals surface area contributed by atoms with Gasteiger partial charge in [-0.15, -0.1) is 0 Å². The number of esters is 1. The van der Waals surface area contributed by atoms with Crippen molar-refractivity contribution in [1.82, 2.24) is 0 Å². The fraction of sp³-hybridized carbons (Fsp3) is 0.250. The van der Waals surface area contributed by atoms with Crippen LogP contribution < -0.4 is 9.64 Å².